The third-order valence-corrected chi connectivity index (χ3v) is 2.82. The third kappa shape index (κ3) is 3.77. The fraction of sp³-hybridized carbons (Fsp3) is 0.231. The second-order valence-corrected chi connectivity index (χ2v) is 4.32. The van der Waals surface area contributed by atoms with Crippen molar-refractivity contribution >= 4 is 34.4 Å². The summed E-state index contributed by atoms with van der Waals surface area (Å²) < 4.78 is 4.91. The number of aromatic amines is 1. The lowest BCUT2D eigenvalue weighted by atomic mass is 10.2. The summed E-state index contributed by atoms with van der Waals surface area (Å²) in [4.78, 5) is 3.18. The van der Waals surface area contributed by atoms with E-state index in [9.17, 15) is 0 Å². The minimum absolute atomic E-state index is 0.480. The molecule has 0 aliphatic rings. The molecular weight excluding hydrogens is 260 g/mol. The Hall–Kier alpha value is -1.92. The number of hydrogen-bond donors (Lipinski definition) is 3. The maximum absolute atomic E-state index is 5.06. The summed E-state index contributed by atoms with van der Waals surface area (Å²) in [6, 6.07) is 8.06. The molecule has 5 nitrogen and oxygen atoms in total. The van der Waals surface area contributed by atoms with Crippen LogP contribution in [0, 0.1) is 0 Å². The highest BCUT2D eigenvalue weighted by Crippen LogP contribution is 2.15. The maximum atomic E-state index is 5.06. The van der Waals surface area contributed by atoms with Crippen molar-refractivity contribution in [3.05, 3.63) is 36.0 Å². The summed E-state index contributed by atoms with van der Waals surface area (Å²) in [5.41, 5.74) is 4.87. The molecule has 2 aromatic rings. The molecule has 0 aliphatic carbocycles. The Labute approximate surface area is 117 Å². The van der Waals surface area contributed by atoms with Crippen molar-refractivity contribution in [3.63, 3.8) is 0 Å². The van der Waals surface area contributed by atoms with E-state index < -0.39 is 0 Å². The quantitative estimate of drug-likeness (QED) is 0.336. The van der Waals surface area contributed by atoms with E-state index in [1.54, 1.807) is 13.3 Å². The molecule has 1 aromatic heterocycles. The normalized spacial score (nSPS) is 11.0. The Bertz CT molecular complexity index is 579. The van der Waals surface area contributed by atoms with Gasteiger partial charge in [0, 0.05) is 36.3 Å². The first-order chi connectivity index (χ1) is 9.31. The third-order valence-electron chi connectivity index (χ3n) is 2.58. The van der Waals surface area contributed by atoms with Crippen LogP contribution in [0.5, 0.6) is 0 Å². The Balaban J connectivity index is 1.90. The van der Waals surface area contributed by atoms with Crippen molar-refractivity contribution in [2.75, 3.05) is 20.3 Å². The summed E-state index contributed by atoms with van der Waals surface area (Å²) in [5, 5.41) is 8.69. The molecule has 1 aromatic carbocycles. The van der Waals surface area contributed by atoms with Crippen LogP contribution in [-0.4, -0.2) is 36.6 Å². The van der Waals surface area contributed by atoms with Crippen LogP contribution >= 0.6 is 12.2 Å². The number of para-hydroxylation sites is 1. The molecule has 0 fully saturated rings. The van der Waals surface area contributed by atoms with E-state index in [-0.39, 0.29) is 0 Å². The molecule has 0 unspecified atom stereocenters. The van der Waals surface area contributed by atoms with Crippen LogP contribution in [0.15, 0.2) is 35.6 Å². The van der Waals surface area contributed by atoms with Gasteiger partial charge in [-0.3, -0.25) is 5.43 Å². The highest BCUT2D eigenvalue weighted by atomic mass is 32.1. The second-order valence-electron chi connectivity index (χ2n) is 3.91. The molecule has 19 heavy (non-hydrogen) atoms. The van der Waals surface area contributed by atoms with Crippen LogP contribution in [0.1, 0.15) is 5.56 Å². The lowest BCUT2D eigenvalue weighted by Crippen LogP contribution is -2.34. The van der Waals surface area contributed by atoms with Crippen LogP contribution < -0.4 is 10.7 Å². The SMILES string of the molecule is COCCNC(=S)NN=Cc1c[nH]c2ccccc12. The zero-order chi connectivity index (χ0) is 13.5. The Morgan fingerprint density at radius 3 is 3.16 bits per heavy atom. The van der Waals surface area contributed by atoms with Crippen molar-refractivity contribution in [1.29, 1.82) is 0 Å². The zero-order valence-corrected chi connectivity index (χ0v) is 11.5. The number of thiocarbonyl (C=S) groups is 1. The first-order valence-corrected chi connectivity index (χ1v) is 6.34. The molecule has 6 heteroatoms. The summed E-state index contributed by atoms with van der Waals surface area (Å²) >= 11 is 5.06. The van der Waals surface area contributed by atoms with E-state index in [0.717, 1.165) is 16.5 Å². The molecule has 0 bridgehead atoms. The molecule has 0 radical (unpaired) electrons. The molecular formula is C13H16N4OS. The first-order valence-electron chi connectivity index (χ1n) is 5.93. The van der Waals surface area contributed by atoms with E-state index >= 15 is 0 Å². The van der Waals surface area contributed by atoms with E-state index in [0.29, 0.717) is 18.3 Å². The van der Waals surface area contributed by atoms with Gasteiger partial charge in [-0.2, -0.15) is 5.10 Å². The van der Waals surface area contributed by atoms with Gasteiger partial charge in [-0.25, -0.2) is 0 Å². The molecule has 2 rings (SSSR count). The van der Waals surface area contributed by atoms with Crippen molar-refractivity contribution in [3.8, 4) is 0 Å². The van der Waals surface area contributed by atoms with Crippen molar-refractivity contribution < 1.29 is 4.74 Å². The van der Waals surface area contributed by atoms with Crippen LogP contribution in [0.2, 0.25) is 0 Å². The minimum Gasteiger partial charge on any atom is -0.383 e. The van der Waals surface area contributed by atoms with E-state index in [1.807, 2.05) is 30.5 Å². The van der Waals surface area contributed by atoms with Gasteiger partial charge in [0.05, 0.1) is 12.8 Å². The molecule has 0 saturated heterocycles. The van der Waals surface area contributed by atoms with Gasteiger partial charge in [0.1, 0.15) is 0 Å². The lowest BCUT2D eigenvalue weighted by Gasteiger charge is -2.05. The topological polar surface area (TPSA) is 61.4 Å². The van der Waals surface area contributed by atoms with Gasteiger partial charge in [-0.15, -0.1) is 0 Å². The minimum atomic E-state index is 0.480. The molecule has 0 aliphatic heterocycles. The van der Waals surface area contributed by atoms with Gasteiger partial charge in [-0.1, -0.05) is 18.2 Å². The lowest BCUT2D eigenvalue weighted by molar-refractivity contribution is 0.204. The van der Waals surface area contributed by atoms with Crippen LogP contribution in [0.3, 0.4) is 0 Å². The fourth-order valence-electron chi connectivity index (χ4n) is 1.67. The highest BCUT2D eigenvalue weighted by molar-refractivity contribution is 7.80. The Kier molecular flexibility index (Phi) is 4.88. The predicted octanol–water partition coefficient (Wildman–Crippen LogP) is 1.61. The van der Waals surface area contributed by atoms with E-state index in [2.05, 4.69) is 20.8 Å². The Morgan fingerprint density at radius 1 is 1.47 bits per heavy atom. The van der Waals surface area contributed by atoms with Gasteiger partial charge < -0.3 is 15.0 Å². The number of H-pyrrole nitrogens is 1. The number of methoxy groups -OCH3 is 1. The number of fused-ring (bicyclic) bond motifs is 1. The molecule has 3 N–H and O–H groups in total. The zero-order valence-electron chi connectivity index (χ0n) is 10.6. The molecule has 0 saturated carbocycles. The van der Waals surface area contributed by atoms with Crippen molar-refractivity contribution in [2.45, 2.75) is 0 Å². The van der Waals surface area contributed by atoms with Crippen molar-refractivity contribution in [1.82, 2.24) is 15.7 Å². The molecule has 0 amide bonds. The average molecular weight is 276 g/mol. The number of rotatable bonds is 5. The smallest absolute Gasteiger partial charge is 0.187 e. The van der Waals surface area contributed by atoms with Gasteiger partial charge >= 0.3 is 0 Å². The number of benzene rings is 1. The predicted molar refractivity (Wildman–Crippen MR) is 81.5 cm³/mol. The maximum Gasteiger partial charge on any atom is 0.187 e. The number of nitrogens with one attached hydrogen (secondary N) is 3. The van der Waals surface area contributed by atoms with Gasteiger partial charge in [-0.05, 0) is 18.3 Å². The van der Waals surface area contributed by atoms with E-state index in [1.165, 1.54) is 0 Å². The molecule has 1 heterocycles. The number of ether oxygens (including phenoxy) is 1. The summed E-state index contributed by atoms with van der Waals surface area (Å²) in [6.07, 6.45) is 3.65. The van der Waals surface area contributed by atoms with E-state index in [4.69, 9.17) is 17.0 Å². The van der Waals surface area contributed by atoms with Crippen molar-refractivity contribution in [2.24, 2.45) is 5.10 Å². The monoisotopic (exact) mass is 276 g/mol. The average Bonchev–Trinajstić information content (AvgIpc) is 2.83. The molecule has 0 spiro atoms. The van der Waals surface area contributed by atoms with Gasteiger partial charge in [0.25, 0.3) is 0 Å². The first kappa shape index (κ1) is 13.5. The van der Waals surface area contributed by atoms with Gasteiger partial charge in [0.15, 0.2) is 5.11 Å². The molecule has 0 atom stereocenters. The fourth-order valence-corrected chi connectivity index (χ4v) is 1.82. The van der Waals surface area contributed by atoms with Crippen LogP contribution in [0.4, 0.5) is 0 Å². The number of aromatic nitrogens is 1. The molecule has 100 valence electrons. The highest BCUT2D eigenvalue weighted by Gasteiger charge is 1.99. The number of nitrogens with zero attached hydrogens (tertiary/aromatic N) is 1. The van der Waals surface area contributed by atoms with Gasteiger partial charge in [0.2, 0.25) is 0 Å². The number of hydrogen-bond acceptors (Lipinski definition) is 3. The summed E-state index contributed by atoms with van der Waals surface area (Å²) in [7, 11) is 1.65. The summed E-state index contributed by atoms with van der Waals surface area (Å²) in [5.74, 6) is 0. The summed E-state index contributed by atoms with van der Waals surface area (Å²) in [6.45, 7) is 1.26. The number of hydrazone groups is 1. The van der Waals surface area contributed by atoms with Crippen LogP contribution in [-0.2, 0) is 4.74 Å². The largest absolute Gasteiger partial charge is 0.383 e. The standard InChI is InChI=1S/C13H16N4OS/c1-18-7-6-14-13(19)17-16-9-10-8-15-12-5-3-2-4-11(10)12/h2-5,8-9,15H,6-7H2,1H3,(H2,14,17,19). The Morgan fingerprint density at radius 2 is 2.32 bits per heavy atom. The van der Waals surface area contributed by atoms with Crippen LogP contribution in [0.25, 0.3) is 10.9 Å². The second kappa shape index (κ2) is 6.86.